The van der Waals surface area contributed by atoms with Gasteiger partial charge in [-0.3, -0.25) is 15.1 Å². The Bertz CT molecular complexity index is 1170. The lowest BCUT2D eigenvalue weighted by Crippen LogP contribution is -2.12. The van der Waals surface area contributed by atoms with Crippen LogP contribution in [0.15, 0.2) is 51.9 Å². The molecule has 148 valence electrons. The molecule has 0 saturated carbocycles. The number of rotatable bonds is 5. The lowest BCUT2D eigenvalue weighted by Gasteiger charge is -2.04. The highest BCUT2D eigenvalue weighted by atomic mass is 35.5. The fourth-order valence-electron chi connectivity index (χ4n) is 2.80. The average Bonchev–Trinajstić information content (AvgIpc) is 3.33. The normalized spacial score (nSPS) is 13.4. The lowest BCUT2D eigenvalue weighted by molar-refractivity contribution is -0.385. The van der Waals surface area contributed by atoms with E-state index in [4.69, 9.17) is 21.1 Å². The Morgan fingerprint density at radius 1 is 1.28 bits per heavy atom. The summed E-state index contributed by atoms with van der Waals surface area (Å²) in [6, 6.07) is 10.3. The largest absolute Gasteiger partial charge is 0.454 e. The van der Waals surface area contributed by atoms with Crippen LogP contribution in [0.1, 0.15) is 12.5 Å². The molecule has 0 atom stereocenters. The molecule has 2 aromatic carbocycles. The molecule has 1 aliphatic rings. The predicted octanol–water partition coefficient (Wildman–Crippen LogP) is 4.31. The smallest absolute Gasteiger partial charge is 0.282 e. The summed E-state index contributed by atoms with van der Waals surface area (Å²) >= 11 is 7.43. The fourth-order valence-corrected chi connectivity index (χ4v) is 3.83. The van der Waals surface area contributed by atoms with E-state index in [9.17, 15) is 10.1 Å². The fraction of sp³-hybridized carbons (Fsp3) is 0.158. The standard InChI is InChI=1S/C19H15ClN4O4S/c1-2-21-19-23(16(10-29-19)12-3-5-14(20)6-4-12)22-9-13-7-17-18(28-11-27-17)8-15(13)24(25)26/h3-10H,2,11H2,1H3. The van der Waals surface area contributed by atoms with E-state index in [0.717, 1.165) is 11.3 Å². The van der Waals surface area contributed by atoms with Gasteiger partial charge < -0.3 is 9.47 Å². The number of ether oxygens (including phenoxy) is 2. The average molecular weight is 431 g/mol. The highest BCUT2D eigenvalue weighted by molar-refractivity contribution is 7.07. The summed E-state index contributed by atoms with van der Waals surface area (Å²) in [7, 11) is 0. The van der Waals surface area contributed by atoms with Crippen LogP contribution in [0.2, 0.25) is 5.02 Å². The van der Waals surface area contributed by atoms with Crippen molar-refractivity contribution in [3.63, 3.8) is 0 Å². The van der Waals surface area contributed by atoms with Gasteiger partial charge in [0, 0.05) is 22.5 Å². The molecule has 0 amide bonds. The second-order valence-electron chi connectivity index (χ2n) is 5.96. The number of hydrogen-bond donors (Lipinski definition) is 0. The van der Waals surface area contributed by atoms with Crippen molar-refractivity contribution in [1.82, 2.24) is 4.68 Å². The molecule has 4 rings (SSSR count). The van der Waals surface area contributed by atoms with Gasteiger partial charge in [-0.2, -0.15) is 5.10 Å². The number of thiazole rings is 1. The summed E-state index contributed by atoms with van der Waals surface area (Å²) in [5.74, 6) is 0.796. The van der Waals surface area contributed by atoms with Crippen molar-refractivity contribution in [3.05, 3.63) is 67.3 Å². The van der Waals surface area contributed by atoms with Gasteiger partial charge in [0.05, 0.1) is 28.5 Å². The van der Waals surface area contributed by atoms with Crippen molar-refractivity contribution in [2.75, 3.05) is 13.3 Å². The SMILES string of the molecule is CCN=c1scc(-c2ccc(Cl)cc2)n1N=Cc1cc2c(cc1[N+](=O)[O-])OCO2. The molecule has 0 unspecified atom stereocenters. The number of nitro benzene ring substituents is 1. The molecule has 0 fully saturated rings. The van der Waals surface area contributed by atoms with Crippen LogP contribution in [0.5, 0.6) is 11.5 Å². The van der Waals surface area contributed by atoms with Gasteiger partial charge in [0.1, 0.15) is 0 Å². The van der Waals surface area contributed by atoms with Gasteiger partial charge in [-0.05, 0) is 25.1 Å². The van der Waals surface area contributed by atoms with Crippen LogP contribution < -0.4 is 14.3 Å². The first-order valence-corrected chi connectivity index (χ1v) is 9.92. The summed E-state index contributed by atoms with van der Waals surface area (Å²) in [6.45, 7) is 2.55. The first-order chi connectivity index (χ1) is 14.1. The molecule has 1 aromatic heterocycles. The topological polar surface area (TPSA) is 91.2 Å². The van der Waals surface area contributed by atoms with Crippen LogP contribution in [-0.2, 0) is 0 Å². The van der Waals surface area contributed by atoms with E-state index in [-0.39, 0.29) is 12.5 Å². The predicted molar refractivity (Wildman–Crippen MR) is 111 cm³/mol. The van der Waals surface area contributed by atoms with Crippen molar-refractivity contribution in [2.24, 2.45) is 10.1 Å². The van der Waals surface area contributed by atoms with Crippen LogP contribution in [0.3, 0.4) is 0 Å². The Morgan fingerprint density at radius 2 is 2.00 bits per heavy atom. The summed E-state index contributed by atoms with van der Waals surface area (Å²) in [4.78, 5) is 16.2. The van der Waals surface area contributed by atoms with Crippen LogP contribution in [0, 0.1) is 10.1 Å². The molecule has 0 spiro atoms. The Labute approximate surface area is 174 Å². The molecule has 8 nitrogen and oxygen atoms in total. The number of fused-ring (bicyclic) bond motifs is 1. The van der Waals surface area contributed by atoms with Crippen molar-refractivity contribution < 1.29 is 14.4 Å². The van der Waals surface area contributed by atoms with Gasteiger partial charge >= 0.3 is 0 Å². The van der Waals surface area contributed by atoms with Crippen LogP contribution in [0.25, 0.3) is 11.3 Å². The number of nitrogens with zero attached hydrogens (tertiary/aromatic N) is 4. The molecule has 3 aromatic rings. The Balaban J connectivity index is 1.81. The lowest BCUT2D eigenvalue weighted by atomic mass is 10.1. The molecular weight excluding hydrogens is 416 g/mol. The van der Waals surface area contributed by atoms with E-state index in [2.05, 4.69) is 10.1 Å². The number of halogens is 1. The highest BCUT2D eigenvalue weighted by Crippen LogP contribution is 2.37. The van der Waals surface area contributed by atoms with Gasteiger partial charge in [-0.1, -0.05) is 23.7 Å². The van der Waals surface area contributed by atoms with Gasteiger partial charge in [0.25, 0.3) is 5.69 Å². The van der Waals surface area contributed by atoms with E-state index in [0.29, 0.717) is 33.4 Å². The minimum Gasteiger partial charge on any atom is -0.454 e. The quantitative estimate of drug-likeness (QED) is 0.342. The summed E-state index contributed by atoms with van der Waals surface area (Å²) < 4.78 is 12.2. The van der Waals surface area contributed by atoms with Gasteiger partial charge in [-0.15, -0.1) is 11.3 Å². The third-order valence-corrected chi connectivity index (χ3v) is 5.26. The monoisotopic (exact) mass is 430 g/mol. The first-order valence-electron chi connectivity index (χ1n) is 8.66. The zero-order valence-corrected chi connectivity index (χ0v) is 16.8. The van der Waals surface area contributed by atoms with Gasteiger partial charge in [0.15, 0.2) is 11.5 Å². The minimum absolute atomic E-state index is 0.0343. The molecule has 10 heteroatoms. The highest BCUT2D eigenvalue weighted by Gasteiger charge is 2.22. The molecule has 0 aliphatic carbocycles. The molecule has 0 radical (unpaired) electrons. The van der Waals surface area contributed by atoms with Crippen LogP contribution >= 0.6 is 22.9 Å². The van der Waals surface area contributed by atoms with E-state index in [1.54, 1.807) is 22.9 Å². The zero-order valence-electron chi connectivity index (χ0n) is 15.2. The number of benzene rings is 2. The Hall–Kier alpha value is -3.17. The third kappa shape index (κ3) is 3.87. The van der Waals surface area contributed by atoms with Crippen molar-refractivity contribution >= 4 is 34.8 Å². The second-order valence-corrected chi connectivity index (χ2v) is 7.24. The Morgan fingerprint density at radius 3 is 2.69 bits per heavy atom. The van der Waals surface area contributed by atoms with Crippen LogP contribution in [0.4, 0.5) is 5.69 Å². The maximum Gasteiger partial charge on any atom is 0.282 e. The van der Waals surface area contributed by atoms with E-state index in [1.807, 2.05) is 24.4 Å². The van der Waals surface area contributed by atoms with Crippen molar-refractivity contribution in [2.45, 2.75) is 6.92 Å². The maximum absolute atomic E-state index is 11.5. The molecule has 1 aliphatic heterocycles. The van der Waals surface area contributed by atoms with E-state index < -0.39 is 4.92 Å². The van der Waals surface area contributed by atoms with E-state index in [1.165, 1.54) is 23.6 Å². The minimum atomic E-state index is -0.473. The molecule has 0 saturated heterocycles. The van der Waals surface area contributed by atoms with Crippen LogP contribution in [-0.4, -0.2) is 29.2 Å². The van der Waals surface area contributed by atoms with Crippen molar-refractivity contribution in [3.8, 4) is 22.8 Å². The second kappa shape index (κ2) is 8.06. The number of aromatic nitrogens is 1. The number of nitro groups is 1. The third-order valence-electron chi connectivity index (χ3n) is 4.15. The van der Waals surface area contributed by atoms with E-state index >= 15 is 0 Å². The number of hydrogen-bond acceptors (Lipinski definition) is 7. The van der Waals surface area contributed by atoms with Gasteiger partial charge in [0.2, 0.25) is 11.6 Å². The summed E-state index contributed by atoms with van der Waals surface area (Å²) in [6.07, 6.45) is 1.43. The molecule has 0 bridgehead atoms. The summed E-state index contributed by atoms with van der Waals surface area (Å²) in [5, 5.41) is 18.5. The molecule has 2 heterocycles. The summed E-state index contributed by atoms with van der Waals surface area (Å²) in [5.41, 5.74) is 1.90. The molecular formula is C19H15ClN4O4S. The maximum atomic E-state index is 11.5. The molecule has 0 N–H and O–H groups in total. The first kappa shape index (κ1) is 19.2. The van der Waals surface area contributed by atoms with Gasteiger partial charge in [-0.25, -0.2) is 4.68 Å². The molecule has 29 heavy (non-hydrogen) atoms. The zero-order chi connectivity index (χ0) is 20.4. The Kier molecular flexibility index (Phi) is 5.32. The van der Waals surface area contributed by atoms with Crippen molar-refractivity contribution in [1.29, 1.82) is 0 Å².